The van der Waals surface area contributed by atoms with Gasteiger partial charge in [-0.25, -0.2) is 0 Å². The Labute approximate surface area is 92.2 Å². The lowest BCUT2D eigenvalue weighted by molar-refractivity contribution is 0.613. The van der Waals surface area contributed by atoms with E-state index in [1.165, 1.54) is 36.1 Å². The van der Waals surface area contributed by atoms with Gasteiger partial charge in [0.15, 0.2) is 0 Å². The van der Waals surface area contributed by atoms with E-state index in [9.17, 15) is 0 Å². The molecule has 0 aliphatic carbocycles. The van der Waals surface area contributed by atoms with E-state index in [-0.39, 0.29) is 0 Å². The molecule has 0 spiro atoms. The molecule has 0 atom stereocenters. The first kappa shape index (κ1) is 10.4. The van der Waals surface area contributed by atoms with Gasteiger partial charge in [-0.15, -0.1) is 0 Å². The van der Waals surface area contributed by atoms with E-state index in [1.807, 2.05) is 0 Å². The smallest absolute Gasteiger partial charge is 0.0167 e. The standard InChI is InChI=1S/C14H19N/c1-2-12-5-7-13(8-6-12)10-14-4-3-9-15-11-14/h5-8,10,15H,2-4,9,11H2,1H3. The van der Waals surface area contributed by atoms with Gasteiger partial charge in [-0.3, -0.25) is 0 Å². The highest BCUT2D eigenvalue weighted by atomic mass is 14.9. The first-order valence-electron chi connectivity index (χ1n) is 5.87. The molecule has 0 bridgehead atoms. The molecule has 1 aromatic carbocycles. The zero-order chi connectivity index (χ0) is 10.5. The molecule has 1 nitrogen and oxygen atoms in total. The van der Waals surface area contributed by atoms with Crippen molar-refractivity contribution in [1.82, 2.24) is 5.32 Å². The van der Waals surface area contributed by atoms with Gasteiger partial charge < -0.3 is 5.32 Å². The van der Waals surface area contributed by atoms with E-state index in [1.54, 1.807) is 0 Å². The zero-order valence-corrected chi connectivity index (χ0v) is 9.42. The average Bonchev–Trinajstić information content (AvgIpc) is 2.31. The van der Waals surface area contributed by atoms with Crippen LogP contribution < -0.4 is 5.32 Å². The summed E-state index contributed by atoms with van der Waals surface area (Å²) >= 11 is 0. The van der Waals surface area contributed by atoms with Gasteiger partial charge in [-0.05, 0) is 36.9 Å². The lowest BCUT2D eigenvalue weighted by atomic mass is 10.0. The van der Waals surface area contributed by atoms with Crippen molar-refractivity contribution in [2.24, 2.45) is 0 Å². The highest BCUT2D eigenvalue weighted by molar-refractivity contribution is 5.53. The van der Waals surface area contributed by atoms with Gasteiger partial charge >= 0.3 is 0 Å². The average molecular weight is 201 g/mol. The van der Waals surface area contributed by atoms with E-state index in [0.29, 0.717) is 0 Å². The Morgan fingerprint density at radius 1 is 1.27 bits per heavy atom. The molecular formula is C14H19N. The van der Waals surface area contributed by atoms with Crippen molar-refractivity contribution >= 4 is 6.08 Å². The molecule has 0 radical (unpaired) electrons. The van der Waals surface area contributed by atoms with E-state index in [4.69, 9.17) is 0 Å². The number of piperidine rings is 1. The molecule has 1 saturated heterocycles. The second-order valence-electron chi connectivity index (χ2n) is 4.18. The van der Waals surface area contributed by atoms with Gasteiger partial charge in [0.2, 0.25) is 0 Å². The Morgan fingerprint density at radius 2 is 2.07 bits per heavy atom. The fourth-order valence-electron chi connectivity index (χ4n) is 1.99. The van der Waals surface area contributed by atoms with Crippen LogP contribution in [0.15, 0.2) is 29.8 Å². The second kappa shape index (κ2) is 5.13. The lowest BCUT2D eigenvalue weighted by Gasteiger charge is -2.15. The number of benzene rings is 1. The maximum atomic E-state index is 3.41. The van der Waals surface area contributed by atoms with Crippen LogP contribution in [0, 0.1) is 0 Å². The number of nitrogens with one attached hydrogen (secondary N) is 1. The zero-order valence-electron chi connectivity index (χ0n) is 9.42. The molecule has 2 rings (SSSR count). The van der Waals surface area contributed by atoms with Gasteiger partial charge in [0.25, 0.3) is 0 Å². The normalized spacial score (nSPS) is 19.4. The van der Waals surface area contributed by atoms with Crippen LogP contribution in [0.3, 0.4) is 0 Å². The first-order valence-corrected chi connectivity index (χ1v) is 5.87. The summed E-state index contributed by atoms with van der Waals surface area (Å²) < 4.78 is 0. The Bertz CT molecular complexity index is 327. The molecule has 1 N–H and O–H groups in total. The quantitative estimate of drug-likeness (QED) is 0.775. The monoisotopic (exact) mass is 201 g/mol. The van der Waals surface area contributed by atoms with Crippen molar-refractivity contribution in [3.8, 4) is 0 Å². The van der Waals surface area contributed by atoms with Crippen LogP contribution in [0.1, 0.15) is 30.9 Å². The number of rotatable bonds is 2. The third-order valence-electron chi connectivity index (χ3n) is 2.96. The molecule has 0 saturated carbocycles. The molecule has 1 aliphatic heterocycles. The SMILES string of the molecule is CCc1ccc(C=C2CCCNC2)cc1. The summed E-state index contributed by atoms with van der Waals surface area (Å²) in [6.45, 7) is 4.43. The summed E-state index contributed by atoms with van der Waals surface area (Å²) in [5, 5.41) is 3.41. The number of aryl methyl sites for hydroxylation is 1. The van der Waals surface area contributed by atoms with Crippen LogP contribution in [-0.4, -0.2) is 13.1 Å². The first-order chi connectivity index (χ1) is 7.38. The predicted octanol–water partition coefficient (Wildman–Crippen LogP) is 3.02. The van der Waals surface area contributed by atoms with Crippen molar-refractivity contribution < 1.29 is 0 Å². The lowest BCUT2D eigenvalue weighted by Crippen LogP contribution is -2.23. The molecule has 15 heavy (non-hydrogen) atoms. The molecule has 80 valence electrons. The van der Waals surface area contributed by atoms with Crippen molar-refractivity contribution in [1.29, 1.82) is 0 Å². The van der Waals surface area contributed by atoms with Gasteiger partial charge in [-0.1, -0.05) is 42.8 Å². The maximum absolute atomic E-state index is 3.41. The molecular weight excluding hydrogens is 182 g/mol. The fraction of sp³-hybridized carbons (Fsp3) is 0.429. The molecule has 1 heterocycles. The van der Waals surface area contributed by atoms with Gasteiger partial charge in [0, 0.05) is 6.54 Å². The summed E-state index contributed by atoms with van der Waals surface area (Å²) in [5.41, 5.74) is 4.29. The van der Waals surface area contributed by atoms with Crippen LogP contribution >= 0.6 is 0 Å². The Kier molecular flexibility index (Phi) is 3.57. The third kappa shape index (κ3) is 2.93. The number of hydrogen-bond donors (Lipinski definition) is 1. The highest BCUT2D eigenvalue weighted by Gasteiger charge is 2.03. The minimum atomic E-state index is 1.07. The second-order valence-corrected chi connectivity index (χ2v) is 4.18. The topological polar surface area (TPSA) is 12.0 Å². The van der Waals surface area contributed by atoms with Crippen LogP contribution in [0.5, 0.6) is 0 Å². The summed E-state index contributed by atoms with van der Waals surface area (Å²) in [6, 6.07) is 8.90. The minimum absolute atomic E-state index is 1.07. The molecule has 1 fully saturated rings. The number of hydrogen-bond acceptors (Lipinski definition) is 1. The van der Waals surface area contributed by atoms with Crippen LogP contribution in [0.4, 0.5) is 0 Å². The Balaban J connectivity index is 2.08. The Morgan fingerprint density at radius 3 is 2.67 bits per heavy atom. The van der Waals surface area contributed by atoms with Crippen LogP contribution in [0.2, 0.25) is 0 Å². The third-order valence-corrected chi connectivity index (χ3v) is 2.96. The summed E-state index contributed by atoms with van der Waals surface area (Å²) in [4.78, 5) is 0. The van der Waals surface area contributed by atoms with Gasteiger partial charge in [0.05, 0.1) is 0 Å². The van der Waals surface area contributed by atoms with Crippen molar-refractivity contribution in [3.05, 3.63) is 41.0 Å². The summed E-state index contributed by atoms with van der Waals surface area (Å²) in [5.74, 6) is 0. The molecule has 0 aromatic heterocycles. The van der Waals surface area contributed by atoms with E-state index >= 15 is 0 Å². The summed E-state index contributed by atoms with van der Waals surface area (Å²) in [6.07, 6.45) is 5.98. The largest absolute Gasteiger partial charge is 0.313 e. The van der Waals surface area contributed by atoms with Gasteiger partial charge in [-0.2, -0.15) is 0 Å². The van der Waals surface area contributed by atoms with E-state index in [0.717, 1.165) is 13.0 Å². The molecule has 1 heteroatoms. The predicted molar refractivity (Wildman–Crippen MR) is 65.9 cm³/mol. The molecule has 0 amide bonds. The Hall–Kier alpha value is -1.08. The molecule has 0 unspecified atom stereocenters. The molecule has 1 aliphatic rings. The van der Waals surface area contributed by atoms with Crippen molar-refractivity contribution in [3.63, 3.8) is 0 Å². The van der Waals surface area contributed by atoms with E-state index in [2.05, 4.69) is 42.6 Å². The van der Waals surface area contributed by atoms with Gasteiger partial charge in [0.1, 0.15) is 0 Å². The van der Waals surface area contributed by atoms with Crippen LogP contribution in [0.25, 0.3) is 6.08 Å². The van der Waals surface area contributed by atoms with E-state index < -0.39 is 0 Å². The maximum Gasteiger partial charge on any atom is 0.0167 e. The highest BCUT2D eigenvalue weighted by Crippen LogP contribution is 2.14. The summed E-state index contributed by atoms with van der Waals surface area (Å²) in [7, 11) is 0. The van der Waals surface area contributed by atoms with Crippen LogP contribution in [-0.2, 0) is 6.42 Å². The fourth-order valence-corrected chi connectivity index (χ4v) is 1.99. The van der Waals surface area contributed by atoms with Crippen molar-refractivity contribution in [2.75, 3.05) is 13.1 Å². The minimum Gasteiger partial charge on any atom is -0.313 e. The molecule has 1 aromatic rings. The van der Waals surface area contributed by atoms with Crippen molar-refractivity contribution in [2.45, 2.75) is 26.2 Å².